The molecule has 3 rings (SSSR count). The summed E-state index contributed by atoms with van der Waals surface area (Å²) < 4.78 is 0. The van der Waals surface area contributed by atoms with E-state index in [0.717, 1.165) is 30.6 Å². The smallest absolute Gasteiger partial charge is 0.0223 e. The summed E-state index contributed by atoms with van der Waals surface area (Å²) in [5.41, 5.74) is 5.94. The molecular formula is C14H27N3. The first-order valence-electron chi connectivity index (χ1n) is 7.45. The number of nitrogens with zero attached hydrogens (tertiary/aromatic N) is 2. The quantitative estimate of drug-likeness (QED) is 0.785. The fourth-order valence-corrected chi connectivity index (χ4v) is 4.41. The summed E-state index contributed by atoms with van der Waals surface area (Å²) >= 11 is 0. The Kier molecular flexibility index (Phi) is 3.42. The lowest BCUT2D eigenvalue weighted by atomic mass is 10.00. The van der Waals surface area contributed by atoms with Crippen molar-refractivity contribution in [3.8, 4) is 0 Å². The Labute approximate surface area is 105 Å². The van der Waals surface area contributed by atoms with Crippen LogP contribution in [-0.4, -0.2) is 54.6 Å². The predicted molar refractivity (Wildman–Crippen MR) is 70.9 cm³/mol. The van der Waals surface area contributed by atoms with Gasteiger partial charge in [0.15, 0.2) is 0 Å². The minimum atomic E-state index is 0.775. The second kappa shape index (κ2) is 4.87. The van der Waals surface area contributed by atoms with Crippen molar-refractivity contribution in [1.82, 2.24) is 9.80 Å². The van der Waals surface area contributed by atoms with Crippen LogP contribution in [0.4, 0.5) is 0 Å². The second-order valence-electron chi connectivity index (χ2n) is 6.33. The molecule has 0 radical (unpaired) electrons. The number of hydrogen-bond acceptors (Lipinski definition) is 3. The van der Waals surface area contributed by atoms with Crippen LogP contribution < -0.4 is 5.73 Å². The number of hydrogen-bond donors (Lipinski definition) is 1. The van der Waals surface area contributed by atoms with E-state index in [2.05, 4.69) is 16.8 Å². The van der Waals surface area contributed by atoms with Crippen molar-refractivity contribution < 1.29 is 0 Å². The number of likely N-dealkylation sites (N-methyl/N-ethyl adjacent to an activating group) is 1. The van der Waals surface area contributed by atoms with Gasteiger partial charge in [-0.2, -0.15) is 0 Å². The molecule has 0 aromatic rings. The molecular weight excluding hydrogens is 210 g/mol. The van der Waals surface area contributed by atoms with Crippen LogP contribution >= 0.6 is 0 Å². The van der Waals surface area contributed by atoms with E-state index in [1.54, 1.807) is 0 Å². The van der Waals surface area contributed by atoms with Gasteiger partial charge in [-0.1, -0.05) is 6.42 Å². The number of nitrogens with two attached hydrogens (primary N) is 1. The van der Waals surface area contributed by atoms with Crippen molar-refractivity contribution in [3.05, 3.63) is 0 Å². The van der Waals surface area contributed by atoms with Crippen LogP contribution in [-0.2, 0) is 0 Å². The summed E-state index contributed by atoms with van der Waals surface area (Å²) in [6, 6.07) is 2.48. The molecule has 3 aliphatic rings. The molecule has 0 aromatic carbocycles. The first-order chi connectivity index (χ1) is 8.29. The third-order valence-corrected chi connectivity index (χ3v) is 5.57. The summed E-state index contributed by atoms with van der Waals surface area (Å²) in [6.45, 7) is 3.51. The highest BCUT2D eigenvalue weighted by Crippen LogP contribution is 2.34. The lowest BCUT2D eigenvalue weighted by molar-refractivity contribution is 0.144. The molecule has 0 aromatic heterocycles. The van der Waals surface area contributed by atoms with E-state index >= 15 is 0 Å². The predicted octanol–water partition coefficient (Wildman–Crippen LogP) is 1.28. The van der Waals surface area contributed by atoms with Crippen molar-refractivity contribution in [1.29, 1.82) is 0 Å². The molecule has 2 saturated heterocycles. The van der Waals surface area contributed by atoms with Crippen molar-refractivity contribution in [2.24, 2.45) is 11.7 Å². The number of fused-ring (bicyclic) bond motifs is 2. The van der Waals surface area contributed by atoms with Gasteiger partial charge in [-0.15, -0.1) is 0 Å². The van der Waals surface area contributed by atoms with E-state index in [0.29, 0.717) is 0 Å². The molecule has 3 nitrogen and oxygen atoms in total. The largest absolute Gasteiger partial charge is 0.330 e. The fraction of sp³-hybridized carbons (Fsp3) is 1.00. The molecule has 0 amide bonds. The van der Waals surface area contributed by atoms with E-state index in [-0.39, 0.29) is 0 Å². The Morgan fingerprint density at radius 1 is 1.06 bits per heavy atom. The van der Waals surface area contributed by atoms with Gasteiger partial charge in [0.2, 0.25) is 0 Å². The molecule has 1 saturated carbocycles. The molecule has 4 atom stereocenters. The van der Waals surface area contributed by atoms with Crippen molar-refractivity contribution in [2.75, 3.05) is 26.7 Å². The van der Waals surface area contributed by atoms with E-state index in [4.69, 9.17) is 5.73 Å². The zero-order valence-corrected chi connectivity index (χ0v) is 11.1. The Balaban J connectivity index is 1.68. The maximum absolute atomic E-state index is 5.94. The third-order valence-electron chi connectivity index (χ3n) is 5.57. The average Bonchev–Trinajstić information content (AvgIpc) is 2.85. The van der Waals surface area contributed by atoms with Crippen LogP contribution in [0.15, 0.2) is 0 Å². The lowest BCUT2D eigenvalue weighted by Gasteiger charge is -2.34. The zero-order chi connectivity index (χ0) is 11.8. The molecule has 2 aliphatic heterocycles. The monoisotopic (exact) mass is 237 g/mol. The topological polar surface area (TPSA) is 32.5 Å². The van der Waals surface area contributed by atoms with Gasteiger partial charge in [0.05, 0.1) is 0 Å². The van der Waals surface area contributed by atoms with Crippen LogP contribution in [0.25, 0.3) is 0 Å². The second-order valence-corrected chi connectivity index (χ2v) is 6.33. The summed E-state index contributed by atoms with van der Waals surface area (Å²) in [7, 11) is 2.33. The maximum Gasteiger partial charge on any atom is 0.0223 e. The Morgan fingerprint density at radius 3 is 2.71 bits per heavy atom. The van der Waals surface area contributed by atoms with Crippen LogP contribution in [0.1, 0.15) is 38.5 Å². The maximum atomic E-state index is 5.94. The summed E-state index contributed by atoms with van der Waals surface area (Å²) in [4.78, 5) is 5.43. The van der Waals surface area contributed by atoms with E-state index in [9.17, 15) is 0 Å². The molecule has 98 valence electrons. The van der Waals surface area contributed by atoms with Gasteiger partial charge in [-0.3, -0.25) is 9.80 Å². The van der Waals surface area contributed by atoms with E-state index in [1.165, 1.54) is 51.6 Å². The summed E-state index contributed by atoms with van der Waals surface area (Å²) in [5.74, 6) is 0.775. The highest BCUT2D eigenvalue weighted by molar-refractivity contribution is 4.95. The van der Waals surface area contributed by atoms with Gasteiger partial charge < -0.3 is 5.73 Å². The molecule has 3 fully saturated rings. The highest BCUT2D eigenvalue weighted by atomic mass is 15.3. The normalized spacial score (nSPS) is 44.1. The van der Waals surface area contributed by atoms with Crippen LogP contribution in [0.5, 0.6) is 0 Å². The minimum absolute atomic E-state index is 0.775. The van der Waals surface area contributed by atoms with E-state index < -0.39 is 0 Å². The molecule has 3 heteroatoms. The van der Waals surface area contributed by atoms with Crippen molar-refractivity contribution >= 4 is 0 Å². The standard InChI is InChI=1S/C14H27N3/c1-16-12-5-6-13(16)10-17(8-7-12)14-4-2-3-11(14)9-15/h11-14H,2-10,15H2,1H3. The third kappa shape index (κ3) is 2.13. The molecule has 17 heavy (non-hydrogen) atoms. The molecule has 4 unspecified atom stereocenters. The first kappa shape index (κ1) is 11.9. The average molecular weight is 237 g/mol. The van der Waals surface area contributed by atoms with Crippen LogP contribution in [0.3, 0.4) is 0 Å². The van der Waals surface area contributed by atoms with E-state index in [1.807, 2.05) is 0 Å². The molecule has 2 N–H and O–H groups in total. The molecule has 0 spiro atoms. The van der Waals surface area contributed by atoms with Gasteiger partial charge >= 0.3 is 0 Å². The van der Waals surface area contributed by atoms with Crippen molar-refractivity contribution in [2.45, 2.75) is 56.7 Å². The van der Waals surface area contributed by atoms with Crippen LogP contribution in [0, 0.1) is 5.92 Å². The Bertz CT molecular complexity index is 268. The number of likely N-dealkylation sites (tertiary alicyclic amines) is 1. The summed E-state index contributed by atoms with van der Waals surface area (Å²) in [6.07, 6.45) is 8.37. The van der Waals surface area contributed by atoms with Crippen molar-refractivity contribution in [3.63, 3.8) is 0 Å². The molecule has 2 bridgehead atoms. The van der Waals surface area contributed by atoms with Gasteiger partial charge in [-0.05, 0) is 58.2 Å². The highest BCUT2D eigenvalue weighted by Gasteiger charge is 2.39. The van der Waals surface area contributed by atoms with Crippen LogP contribution in [0.2, 0.25) is 0 Å². The molecule has 2 heterocycles. The Morgan fingerprint density at radius 2 is 1.88 bits per heavy atom. The minimum Gasteiger partial charge on any atom is -0.330 e. The van der Waals surface area contributed by atoms with Gasteiger partial charge in [0.1, 0.15) is 0 Å². The molecule has 1 aliphatic carbocycles. The Hall–Kier alpha value is -0.120. The summed E-state index contributed by atoms with van der Waals surface area (Å²) in [5, 5.41) is 0. The lowest BCUT2D eigenvalue weighted by Crippen LogP contribution is -2.45. The van der Waals surface area contributed by atoms with Gasteiger partial charge in [0, 0.05) is 24.7 Å². The SMILES string of the molecule is CN1C2CCC1CN(C1CCCC1CN)CC2. The first-order valence-corrected chi connectivity index (χ1v) is 7.45. The van der Waals surface area contributed by atoms with Gasteiger partial charge in [-0.25, -0.2) is 0 Å². The zero-order valence-electron chi connectivity index (χ0n) is 11.1. The fourth-order valence-electron chi connectivity index (χ4n) is 4.41. The van der Waals surface area contributed by atoms with Gasteiger partial charge in [0.25, 0.3) is 0 Å². The number of rotatable bonds is 2.